The maximum Gasteiger partial charge on any atom is 0.261 e. The van der Waals surface area contributed by atoms with E-state index in [1.807, 2.05) is 31.3 Å². The number of carbonyl (C=O) groups is 1. The van der Waals surface area contributed by atoms with E-state index in [1.54, 1.807) is 19.1 Å². The van der Waals surface area contributed by atoms with Gasteiger partial charge in [0.2, 0.25) is 0 Å². The number of halogens is 1. The van der Waals surface area contributed by atoms with Crippen LogP contribution in [0.4, 0.5) is 5.82 Å². The maximum atomic E-state index is 12.4. The lowest BCUT2D eigenvalue weighted by Crippen LogP contribution is -2.46. The average molecular weight is 417 g/mol. The Balaban J connectivity index is 1.47. The number of benzene rings is 1. The Bertz CT molecular complexity index is 820. The van der Waals surface area contributed by atoms with Crippen LogP contribution in [0.3, 0.4) is 0 Å². The van der Waals surface area contributed by atoms with Crippen LogP contribution in [0.25, 0.3) is 0 Å². The number of aromatic nitrogens is 1. The number of nitrogens with zero attached hydrogens (tertiary/aromatic N) is 3. The number of aryl methyl sites for hydroxylation is 1. The van der Waals surface area contributed by atoms with Crippen molar-refractivity contribution in [3.63, 3.8) is 0 Å². The van der Waals surface area contributed by atoms with Gasteiger partial charge in [-0.25, -0.2) is 4.98 Å². The van der Waals surface area contributed by atoms with Crippen molar-refractivity contribution >= 4 is 23.3 Å². The van der Waals surface area contributed by atoms with E-state index in [1.165, 1.54) is 0 Å². The Labute approximate surface area is 177 Å². The summed E-state index contributed by atoms with van der Waals surface area (Å²) in [6.07, 6.45) is 1.23. The largest absolute Gasteiger partial charge is 0.481 e. The third-order valence-corrected chi connectivity index (χ3v) is 5.65. The number of carbonyl (C=O) groups excluding carboxylic acids is 1. The molecule has 0 spiro atoms. The summed E-state index contributed by atoms with van der Waals surface area (Å²) in [7, 11) is 0. The fourth-order valence-electron chi connectivity index (χ4n) is 3.28. The van der Waals surface area contributed by atoms with Gasteiger partial charge in [-0.15, -0.1) is 0 Å². The van der Waals surface area contributed by atoms with Crippen LogP contribution in [0.1, 0.15) is 25.0 Å². The first kappa shape index (κ1) is 21.4. The number of rotatable bonds is 7. The van der Waals surface area contributed by atoms with Crippen LogP contribution >= 0.6 is 11.6 Å². The second-order valence-corrected chi connectivity index (χ2v) is 7.74. The topological polar surface area (TPSA) is 57.7 Å². The Kier molecular flexibility index (Phi) is 7.34. The van der Waals surface area contributed by atoms with Crippen molar-refractivity contribution in [2.75, 3.05) is 37.6 Å². The summed E-state index contributed by atoms with van der Waals surface area (Å²) in [4.78, 5) is 21.7. The van der Waals surface area contributed by atoms with Crippen molar-refractivity contribution in [2.45, 2.75) is 33.4 Å². The SMILES string of the molecule is CCN1CCN(c2ccc(CNC(=O)C(C)Oc3ccc(Cl)c(C)c3)cn2)CC1. The van der Waals surface area contributed by atoms with Crippen molar-refractivity contribution in [3.8, 4) is 5.75 Å². The second-order valence-electron chi connectivity index (χ2n) is 7.33. The van der Waals surface area contributed by atoms with Gasteiger partial charge in [0, 0.05) is 43.9 Å². The smallest absolute Gasteiger partial charge is 0.261 e. The lowest BCUT2D eigenvalue weighted by molar-refractivity contribution is -0.127. The first-order chi connectivity index (χ1) is 14.0. The first-order valence-electron chi connectivity index (χ1n) is 10.1. The predicted molar refractivity (Wildman–Crippen MR) is 117 cm³/mol. The molecule has 1 unspecified atom stereocenters. The van der Waals surface area contributed by atoms with Crippen LogP contribution < -0.4 is 15.0 Å². The average Bonchev–Trinajstić information content (AvgIpc) is 2.75. The highest BCUT2D eigenvalue weighted by Gasteiger charge is 2.17. The number of hydrogen-bond donors (Lipinski definition) is 1. The molecule has 1 saturated heterocycles. The number of likely N-dealkylation sites (N-methyl/N-ethyl adjacent to an activating group) is 1. The van der Waals surface area contributed by atoms with E-state index in [4.69, 9.17) is 16.3 Å². The summed E-state index contributed by atoms with van der Waals surface area (Å²) in [5.41, 5.74) is 1.88. The van der Waals surface area contributed by atoms with Crippen molar-refractivity contribution in [1.82, 2.24) is 15.2 Å². The summed E-state index contributed by atoms with van der Waals surface area (Å²) >= 11 is 6.03. The molecule has 0 bridgehead atoms. The minimum Gasteiger partial charge on any atom is -0.481 e. The molecule has 1 fully saturated rings. The molecular formula is C22H29ClN4O2. The molecule has 1 atom stereocenters. The van der Waals surface area contributed by atoms with E-state index >= 15 is 0 Å². The number of ether oxygens (including phenoxy) is 1. The predicted octanol–water partition coefficient (Wildman–Crippen LogP) is 3.27. The van der Waals surface area contributed by atoms with Gasteiger partial charge in [0.25, 0.3) is 5.91 Å². The highest BCUT2D eigenvalue weighted by Crippen LogP contribution is 2.22. The Morgan fingerprint density at radius 3 is 2.62 bits per heavy atom. The van der Waals surface area contributed by atoms with E-state index < -0.39 is 6.10 Å². The molecule has 1 aromatic heterocycles. The Morgan fingerprint density at radius 2 is 2.00 bits per heavy atom. The summed E-state index contributed by atoms with van der Waals surface area (Å²) in [6.45, 7) is 11.5. The molecule has 1 aromatic carbocycles. The molecule has 2 heterocycles. The fourth-order valence-corrected chi connectivity index (χ4v) is 3.40. The quantitative estimate of drug-likeness (QED) is 0.750. The van der Waals surface area contributed by atoms with Gasteiger partial charge in [0.05, 0.1) is 0 Å². The van der Waals surface area contributed by atoms with Crippen LogP contribution in [0.2, 0.25) is 5.02 Å². The molecule has 29 heavy (non-hydrogen) atoms. The number of piperazine rings is 1. The molecule has 1 aliphatic heterocycles. The molecule has 0 aliphatic carbocycles. The molecule has 156 valence electrons. The number of amides is 1. The zero-order chi connectivity index (χ0) is 20.8. The zero-order valence-corrected chi connectivity index (χ0v) is 18.1. The first-order valence-corrected chi connectivity index (χ1v) is 10.5. The third kappa shape index (κ3) is 5.84. The molecule has 1 aliphatic rings. The van der Waals surface area contributed by atoms with E-state index in [2.05, 4.69) is 27.0 Å². The monoisotopic (exact) mass is 416 g/mol. The normalized spacial score (nSPS) is 15.8. The van der Waals surface area contributed by atoms with Crippen molar-refractivity contribution in [2.24, 2.45) is 0 Å². The Hall–Kier alpha value is -2.31. The molecule has 7 heteroatoms. The minimum atomic E-state index is -0.599. The number of nitrogens with one attached hydrogen (secondary N) is 1. The van der Waals surface area contributed by atoms with Crippen molar-refractivity contribution in [3.05, 3.63) is 52.7 Å². The van der Waals surface area contributed by atoms with E-state index in [0.29, 0.717) is 17.3 Å². The van der Waals surface area contributed by atoms with Gasteiger partial charge in [-0.3, -0.25) is 4.79 Å². The zero-order valence-electron chi connectivity index (χ0n) is 17.3. The van der Waals surface area contributed by atoms with Crippen molar-refractivity contribution < 1.29 is 9.53 Å². The summed E-state index contributed by atoms with van der Waals surface area (Å²) < 4.78 is 5.72. The lowest BCUT2D eigenvalue weighted by Gasteiger charge is -2.34. The summed E-state index contributed by atoms with van der Waals surface area (Å²) in [5.74, 6) is 1.45. The van der Waals surface area contributed by atoms with Gasteiger partial charge in [0.1, 0.15) is 11.6 Å². The van der Waals surface area contributed by atoms with Crippen LogP contribution in [-0.4, -0.2) is 54.6 Å². The molecule has 6 nitrogen and oxygen atoms in total. The van der Waals surface area contributed by atoms with Gasteiger partial charge in [-0.05, 0) is 55.8 Å². The molecular weight excluding hydrogens is 388 g/mol. The Morgan fingerprint density at radius 1 is 1.24 bits per heavy atom. The molecule has 2 aromatic rings. The standard InChI is InChI=1S/C22H29ClN4O2/c1-4-26-9-11-27(12-10-26)21-8-5-18(14-24-21)15-25-22(28)17(3)29-19-6-7-20(23)16(2)13-19/h5-8,13-14,17H,4,9-12,15H2,1-3H3,(H,25,28). The summed E-state index contributed by atoms with van der Waals surface area (Å²) in [6, 6.07) is 9.41. The van der Waals surface area contributed by atoms with Crippen LogP contribution in [-0.2, 0) is 11.3 Å². The third-order valence-electron chi connectivity index (χ3n) is 5.23. The molecule has 0 saturated carbocycles. The lowest BCUT2D eigenvalue weighted by atomic mass is 10.2. The van der Waals surface area contributed by atoms with Gasteiger partial charge in [-0.1, -0.05) is 24.6 Å². The minimum absolute atomic E-state index is 0.169. The van der Waals surface area contributed by atoms with Crippen molar-refractivity contribution in [1.29, 1.82) is 0 Å². The highest BCUT2D eigenvalue weighted by atomic mass is 35.5. The van der Waals surface area contributed by atoms with Gasteiger partial charge in [-0.2, -0.15) is 0 Å². The highest BCUT2D eigenvalue weighted by molar-refractivity contribution is 6.31. The van der Waals surface area contributed by atoms with E-state index in [9.17, 15) is 4.79 Å². The fraction of sp³-hybridized carbons (Fsp3) is 0.455. The molecule has 0 radical (unpaired) electrons. The molecule has 1 amide bonds. The summed E-state index contributed by atoms with van der Waals surface area (Å²) in [5, 5.41) is 3.59. The maximum absolute atomic E-state index is 12.4. The molecule has 3 rings (SSSR count). The number of pyridine rings is 1. The van der Waals surface area contributed by atoms with Crippen LogP contribution in [0.5, 0.6) is 5.75 Å². The number of hydrogen-bond acceptors (Lipinski definition) is 5. The van der Waals surface area contributed by atoms with E-state index in [-0.39, 0.29) is 5.91 Å². The number of anilines is 1. The van der Waals surface area contributed by atoms with Crippen LogP contribution in [0.15, 0.2) is 36.5 Å². The van der Waals surface area contributed by atoms with E-state index in [0.717, 1.165) is 49.7 Å². The van der Waals surface area contributed by atoms with Gasteiger partial charge >= 0.3 is 0 Å². The van der Waals surface area contributed by atoms with Gasteiger partial charge < -0.3 is 19.9 Å². The van der Waals surface area contributed by atoms with Crippen LogP contribution in [0, 0.1) is 6.92 Å². The second kappa shape index (κ2) is 9.94. The molecule has 1 N–H and O–H groups in total. The van der Waals surface area contributed by atoms with Gasteiger partial charge in [0.15, 0.2) is 6.10 Å².